The van der Waals surface area contributed by atoms with E-state index in [1.54, 1.807) is 7.05 Å². The van der Waals surface area contributed by atoms with Crippen LogP contribution >= 0.6 is 0 Å². The summed E-state index contributed by atoms with van der Waals surface area (Å²) in [5.74, 6) is 0.814. The van der Waals surface area contributed by atoms with Crippen LogP contribution in [0.4, 0.5) is 5.69 Å². The van der Waals surface area contributed by atoms with E-state index in [0.717, 1.165) is 51.5 Å². The van der Waals surface area contributed by atoms with Gasteiger partial charge in [0.1, 0.15) is 0 Å². The molecule has 2 aliphatic heterocycles. The lowest BCUT2D eigenvalue weighted by Gasteiger charge is -2.28. The molecule has 0 aromatic heterocycles. The summed E-state index contributed by atoms with van der Waals surface area (Å²) < 4.78 is 5.55. The molecule has 6 nitrogen and oxygen atoms in total. The number of rotatable bonds is 7. The fourth-order valence-electron chi connectivity index (χ4n) is 4.07. The normalized spacial score (nSPS) is 25.4. The van der Waals surface area contributed by atoms with Gasteiger partial charge in [-0.1, -0.05) is 18.2 Å². The molecule has 2 unspecified atom stereocenters. The third kappa shape index (κ3) is 4.30. The molecule has 26 heavy (non-hydrogen) atoms. The number of para-hydroxylation sites is 1. The van der Waals surface area contributed by atoms with Crippen molar-refractivity contribution in [2.45, 2.75) is 32.2 Å². The van der Waals surface area contributed by atoms with E-state index in [-0.39, 0.29) is 12.0 Å². The molecule has 0 radical (unpaired) electrons. The molecule has 0 saturated carbocycles. The van der Waals surface area contributed by atoms with Crippen LogP contribution in [0.1, 0.15) is 25.3 Å². The average Bonchev–Trinajstić information content (AvgIpc) is 3.23. The van der Waals surface area contributed by atoms with Crippen LogP contribution in [0.2, 0.25) is 0 Å². The van der Waals surface area contributed by atoms with Gasteiger partial charge in [-0.2, -0.15) is 0 Å². The Hall–Kier alpha value is -1.79. The summed E-state index contributed by atoms with van der Waals surface area (Å²) in [5.41, 5.74) is 2.82. The summed E-state index contributed by atoms with van der Waals surface area (Å²) in [5, 5.41) is 16.2. The van der Waals surface area contributed by atoms with Gasteiger partial charge in [-0.3, -0.25) is 4.99 Å². The zero-order valence-electron chi connectivity index (χ0n) is 16.0. The van der Waals surface area contributed by atoms with Gasteiger partial charge in [-0.25, -0.2) is 0 Å². The molecule has 2 heterocycles. The van der Waals surface area contributed by atoms with Crippen LogP contribution in [0.15, 0.2) is 29.3 Å². The number of fused-ring (bicyclic) bond motifs is 1. The smallest absolute Gasteiger partial charge is 0.191 e. The highest BCUT2D eigenvalue weighted by Gasteiger charge is 2.34. The lowest BCUT2D eigenvalue weighted by atomic mass is 9.84. The van der Waals surface area contributed by atoms with E-state index < -0.39 is 0 Å². The molecule has 144 valence electrons. The number of aliphatic imine (C=N–C) groups is 1. The van der Waals surface area contributed by atoms with Crippen LogP contribution in [0.5, 0.6) is 0 Å². The number of aliphatic hydroxyl groups is 1. The van der Waals surface area contributed by atoms with Gasteiger partial charge in [0.25, 0.3) is 0 Å². The first-order valence-corrected chi connectivity index (χ1v) is 9.65. The summed E-state index contributed by atoms with van der Waals surface area (Å²) in [7, 11) is 1.80. The maximum absolute atomic E-state index is 9.35. The number of guanidine groups is 1. The quantitative estimate of drug-likeness (QED) is 0.506. The molecule has 1 aromatic carbocycles. The molecule has 2 aliphatic rings. The van der Waals surface area contributed by atoms with Gasteiger partial charge in [-0.05, 0) is 37.8 Å². The molecule has 0 bridgehead atoms. The lowest BCUT2D eigenvalue weighted by Crippen LogP contribution is -2.46. The fourth-order valence-corrected chi connectivity index (χ4v) is 4.07. The molecule has 0 spiro atoms. The van der Waals surface area contributed by atoms with E-state index in [0.29, 0.717) is 12.6 Å². The molecule has 1 aromatic rings. The molecule has 1 fully saturated rings. The Labute approximate surface area is 156 Å². The van der Waals surface area contributed by atoms with Crippen molar-refractivity contribution in [3.8, 4) is 0 Å². The zero-order valence-corrected chi connectivity index (χ0v) is 16.0. The first-order valence-electron chi connectivity index (χ1n) is 9.65. The standard InChI is InChI=1S/C20H32N4O2/c1-16-13-17-5-3-4-6-18(17)24(16)10-9-22-19(21-2)23-14-20(7-11-25)8-12-26-15-20/h3-6,16,25H,7-15H2,1-2H3,(H2,21,22,23). The van der Waals surface area contributed by atoms with E-state index in [1.165, 1.54) is 11.3 Å². The summed E-state index contributed by atoms with van der Waals surface area (Å²) >= 11 is 0. The van der Waals surface area contributed by atoms with E-state index in [4.69, 9.17) is 4.74 Å². The van der Waals surface area contributed by atoms with Gasteiger partial charge in [0.15, 0.2) is 5.96 Å². The second kappa shape index (κ2) is 8.73. The Morgan fingerprint density at radius 2 is 2.23 bits per heavy atom. The van der Waals surface area contributed by atoms with Gasteiger partial charge in [0.05, 0.1) is 6.61 Å². The Balaban J connectivity index is 1.47. The predicted molar refractivity (Wildman–Crippen MR) is 106 cm³/mol. The third-order valence-electron chi connectivity index (χ3n) is 5.68. The number of nitrogens with one attached hydrogen (secondary N) is 2. The molecule has 0 amide bonds. The first-order chi connectivity index (χ1) is 12.7. The van der Waals surface area contributed by atoms with Crippen molar-refractivity contribution >= 4 is 11.6 Å². The fraction of sp³-hybridized carbons (Fsp3) is 0.650. The molecule has 2 atom stereocenters. The maximum Gasteiger partial charge on any atom is 0.191 e. The number of nitrogens with zero attached hydrogens (tertiary/aromatic N) is 2. The van der Waals surface area contributed by atoms with Crippen LogP contribution in [-0.4, -0.2) is 63.6 Å². The largest absolute Gasteiger partial charge is 0.396 e. The zero-order chi connectivity index (χ0) is 18.4. The van der Waals surface area contributed by atoms with Crippen molar-refractivity contribution in [3.05, 3.63) is 29.8 Å². The lowest BCUT2D eigenvalue weighted by molar-refractivity contribution is 0.127. The number of hydrogen-bond acceptors (Lipinski definition) is 4. The Bertz CT molecular complexity index is 614. The van der Waals surface area contributed by atoms with E-state index in [2.05, 4.69) is 51.7 Å². The van der Waals surface area contributed by atoms with Crippen molar-refractivity contribution in [1.82, 2.24) is 10.6 Å². The molecule has 6 heteroatoms. The number of aliphatic hydroxyl groups excluding tert-OH is 1. The summed E-state index contributed by atoms with van der Waals surface area (Å²) in [6, 6.07) is 9.21. The summed E-state index contributed by atoms with van der Waals surface area (Å²) in [6.45, 7) is 6.52. The monoisotopic (exact) mass is 360 g/mol. The van der Waals surface area contributed by atoms with E-state index >= 15 is 0 Å². The average molecular weight is 361 g/mol. The van der Waals surface area contributed by atoms with Gasteiger partial charge in [0, 0.05) is 57.0 Å². The van der Waals surface area contributed by atoms with Crippen molar-refractivity contribution in [2.24, 2.45) is 10.4 Å². The van der Waals surface area contributed by atoms with Crippen molar-refractivity contribution in [2.75, 3.05) is 51.4 Å². The van der Waals surface area contributed by atoms with Crippen LogP contribution in [0.25, 0.3) is 0 Å². The predicted octanol–water partition coefficient (Wildman–Crippen LogP) is 1.39. The summed E-state index contributed by atoms with van der Waals surface area (Å²) in [6.07, 6.45) is 2.87. The Morgan fingerprint density at radius 1 is 1.38 bits per heavy atom. The molecule has 3 N–H and O–H groups in total. The minimum Gasteiger partial charge on any atom is -0.396 e. The minimum absolute atomic E-state index is 0.0226. The van der Waals surface area contributed by atoms with Gasteiger partial charge in [0.2, 0.25) is 0 Å². The van der Waals surface area contributed by atoms with Gasteiger partial charge >= 0.3 is 0 Å². The Kier molecular flexibility index (Phi) is 6.38. The van der Waals surface area contributed by atoms with Crippen molar-refractivity contribution in [3.63, 3.8) is 0 Å². The number of ether oxygens (including phenoxy) is 1. The summed E-state index contributed by atoms with van der Waals surface area (Å²) in [4.78, 5) is 6.81. The first kappa shape index (κ1) is 19.0. The highest BCUT2D eigenvalue weighted by Crippen LogP contribution is 2.32. The second-order valence-electron chi connectivity index (χ2n) is 7.50. The van der Waals surface area contributed by atoms with Crippen LogP contribution in [-0.2, 0) is 11.2 Å². The topological polar surface area (TPSA) is 69.1 Å². The molecule has 3 rings (SSSR count). The second-order valence-corrected chi connectivity index (χ2v) is 7.50. The number of benzene rings is 1. The molecule has 1 saturated heterocycles. The van der Waals surface area contributed by atoms with E-state index in [1.807, 2.05) is 0 Å². The van der Waals surface area contributed by atoms with Crippen LogP contribution in [0, 0.1) is 5.41 Å². The highest BCUT2D eigenvalue weighted by molar-refractivity contribution is 5.79. The Morgan fingerprint density at radius 3 is 2.96 bits per heavy atom. The number of hydrogen-bond donors (Lipinski definition) is 3. The maximum atomic E-state index is 9.35. The highest BCUT2D eigenvalue weighted by atomic mass is 16.5. The molecule has 0 aliphatic carbocycles. The van der Waals surface area contributed by atoms with Gasteiger partial charge < -0.3 is 25.4 Å². The number of anilines is 1. The van der Waals surface area contributed by atoms with E-state index in [9.17, 15) is 5.11 Å². The van der Waals surface area contributed by atoms with Crippen molar-refractivity contribution in [1.29, 1.82) is 0 Å². The van der Waals surface area contributed by atoms with Crippen LogP contribution < -0.4 is 15.5 Å². The van der Waals surface area contributed by atoms with Crippen LogP contribution in [0.3, 0.4) is 0 Å². The SMILES string of the molecule is CN=C(NCCN1c2ccccc2CC1C)NCC1(CCO)CCOC1. The third-order valence-corrected chi connectivity index (χ3v) is 5.68. The van der Waals surface area contributed by atoms with Gasteiger partial charge in [-0.15, -0.1) is 0 Å². The minimum atomic E-state index is 0.0226. The molecular weight excluding hydrogens is 328 g/mol. The molecular formula is C20H32N4O2. The van der Waals surface area contributed by atoms with Crippen molar-refractivity contribution < 1.29 is 9.84 Å².